The first-order valence-electron chi connectivity index (χ1n) is 15.0. The van der Waals surface area contributed by atoms with Crippen LogP contribution in [0.2, 0.25) is 0 Å². The lowest BCUT2D eigenvalue weighted by atomic mass is 10.2. The molecule has 0 spiro atoms. The van der Waals surface area contributed by atoms with E-state index in [1.165, 1.54) is 0 Å². The molecule has 270 valence electrons. The van der Waals surface area contributed by atoms with E-state index in [4.69, 9.17) is 0 Å². The van der Waals surface area contributed by atoms with Gasteiger partial charge in [-0.05, 0) is 6.42 Å². The topological polar surface area (TPSA) is 308 Å². The summed E-state index contributed by atoms with van der Waals surface area (Å²) in [5.41, 5.74) is 0. The van der Waals surface area contributed by atoms with Crippen LogP contribution in [0.5, 0.6) is 0 Å². The van der Waals surface area contributed by atoms with Crippen LogP contribution in [-0.2, 0) is 57.5 Å². The van der Waals surface area contributed by atoms with E-state index in [9.17, 15) is 57.5 Å². The van der Waals surface area contributed by atoms with Crippen molar-refractivity contribution < 1.29 is 57.5 Å². The number of imide groups is 2. The molecule has 2 aliphatic rings. The Kier molecular flexibility index (Phi) is 16.4. The summed E-state index contributed by atoms with van der Waals surface area (Å²) in [7, 11) is 0. The molecular formula is C28H36N10O12. The van der Waals surface area contributed by atoms with Crippen molar-refractivity contribution in [2.45, 2.75) is 19.3 Å². The first-order valence-corrected chi connectivity index (χ1v) is 15.0. The molecule has 0 aromatic rings. The third kappa shape index (κ3) is 15.4. The minimum absolute atomic E-state index is 0.0169. The van der Waals surface area contributed by atoms with E-state index in [2.05, 4.69) is 42.5 Å². The highest BCUT2D eigenvalue weighted by Crippen LogP contribution is 2.02. The molecule has 2 rings (SSSR count). The smallest absolute Gasteiger partial charge is 0.255 e. The van der Waals surface area contributed by atoms with Crippen LogP contribution in [0.25, 0.3) is 0 Å². The maximum absolute atomic E-state index is 11.9. The standard InChI is InChI=1S/C28H36N10O12/c39-17(30-11-20(42)33-13-22(44)32-10-19(41)29-8-9-37-25(47)4-5-26(37)48)2-1-3-18(40)31-12-21(43)34-14-23(45)35-15-24(46)36-16-38-27(49)6-7-28(38)50/h4-7H,1-3,8-16H2,(H,29,41)(H,30,39)(H,31,40)(H,32,44)(H,33,42)(H,34,43)(H,35,45)(H,36,46). The van der Waals surface area contributed by atoms with Crippen LogP contribution in [0.1, 0.15) is 19.3 Å². The summed E-state index contributed by atoms with van der Waals surface area (Å²) in [6.07, 6.45) is 4.13. The van der Waals surface area contributed by atoms with Gasteiger partial charge in [0.05, 0.1) is 39.3 Å². The van der Waals surface area contributed by atoms with Crippen molar-refractivity contribution in [1.82, 2.24) is 52.3 Å². The van der Waals surface area contributed by atoms with Crippen LogP contribution < -0.4 is 42.5 Å². The van der Waals surface area contributed by atoms with Crippen LogP contribution in [-0.4, -0.2) is 140 Å². The molecule has 12 amide bonds. The second-order valence-electron chi connectivity index (χ2n) is 10.2. The molecule has 2 heterocycles. The Morgan fingerprint density at radius 1 is 0.400 bits per heavy atom. The van der Waals surface area contributed by atoms with E-state index in [1.54, 1.807) is 0 Å². The maximum atomic E-state index is 11.9. The molecule has 50 heavy (non-hydrogen) atoms. The molecule has 22 nitrogen and oxygen atoms in total. The Hall–Kier alpha value is -6.48. The van der Waals surface area contributed by atoms with Crippen LogP contribution in [0.3, 0.4) is 0 Å². The van der Waals surface area contributed by atoms with Gasteiger partial charge in [-0.3, -0.25) is 67.3 Å². The fourth-order valence-electron chi connectivity index (χ4n) is 3.75. The van der Waals surface area contributed by atoms with Crippen LogP contribution >= 0.6 is 0 Å². The molecule has 8 N–H and O–H groups in total. The van der Waals surface area contributed by atoms with E-state index >= 15 is 0 Å². The zero-order chi connectivity index (χ0) is 37.1. The number of hydrogen-bond acceptors (Lipinski definition) is 12. The van der Waals surface area contributed by atoms with Gasteiger partial charge in [-0.15, -0.1) is 0 Å². The van der Waals surface area contributed by atoms with Gasteiger partial charge in [0, 0.05) is 50.2 Å². The first kappa shape index (κ1) is 39.7. The number of hydrogen-bond donors (Lipinski definition) is 8. The Morgan fingerprint density at radius 2 is 0.700 bits per heavy atom. The van der Waals surface area contributed by atoms with Gasteiger partial charge in [-0.25, -0.2) is 0 Å². The monoisotopic (exact) mass is 704 g/mol. The molecule has 2 aliphatic heterocycles. The minimum atomic E-state index is -0.721. The molecule has 0 aromatic heterocycles. The summed E-state index contributed by atoms with van der Waals surface area (Å²) >= 11 is 0. The van der Waals surface area contributed by atoms with E-state index in [1.807, 2.05) is 0 Å². The van der Waals surface area contributed by atoms with E-state index in [0.717, 1.165) is 34.1 Å². The Labute approximate surface area is 283 Å². The molecule has 0 unspecified atom stereocenters. The van der Waals surface area contributed by atoms with Crippen molar-refractivity contribution in [3.8, 4) is 0 Å². The summed E-state index contributed by atoms with van der Waals surface area (Å²) < 4.78 is 0. The summed E-state index contributed by atoms with van der Waals surface area (Å²) in [5.74, 6) is -7.38. The maximum Gasteiger partial charge on any atom is 0.255 e. The largest absolute Gasteiger partial charge is 0.353 e. The van der Waals surface area contributed by atoms with Gasteiger partial charge in [-0.2, -0.15) is 0 Å². The molecule has 22 heteroatoms. The molecule has 0 aromatic carbocycles. The minimum Gasteiger partial charge on any atom is -0.353 e. The second kappa shape index (κ2) is 20.7. The van der Waals surface area contributed by atoms with Crippen molar-refractivity contribution in [3.05, 3.63) is 24.3 Å². The number of carbonyl (C=O) groups is 12. The van der Waals surface area contributed by atoms with Gasteiger partial charge in [0.25, 0.3) is 23.6 Å². The van der Waals surface area contributed by atoms with Crippen LogP contribution in [0.4, 0.5) is 0 Å². The number of rotatable bonds is 21. The SMILES string of the molecule is O=C(CCCC(=O)NCC(=O)NCC(=O)NCC(=O)NCN1C(=O)C=CC1=O)NCC(=O)NCC(=O)NCC(=O)NCCN1C(=O)C=CC1=O. The normalized spacial score (nSPS) is 13.1. The number of carbonyl (C=O) groups excluding carboxylic acids is 12. The molecule has 0 aliphatic carbocycles. The quantitative estimate of drug-likeness (QED) is 0.0517. The van der Waals surface area contributed by atoms with Gasteiger partial charge >= 0.3 is 0 Å². The summed E-state index contributed by atoms with van der Waals surface area (Å²) in [5, 5.41) is 18.3. The molecule has 0 saturated heterocycles. The molecule has 0 bridgehead atoms. The van der Waals surface area contributed by atoms with Gasteiger partial charge in [0.1, 0.15) is 6.67 Å². The lowest BCUT2D eigenvalue weighted by Gasteiger charge is -2.14. The van der Waals surface area contributed by atoms with E-state index in [0.29, 0.717) is 0 Å². The fourth-order valence-corrected chi connectivity index (χ4v) is 3.75. The van der Waals surface area contributed by atoms with Crippen molar-refractivity contribution in [2.24, 2.45) is 0 Å². The predicted molar refractivity (Wildman–Crippen MR) is 165 cm³/mol. The zero-order valence-electron chi connectivity index (χ0n) is 26.6. The fraction of sp³-hybridized carbons (Fsp3) is 0.429. The lowest BCUT2D eigenvalue weighted by molar-refractivity contribution is -0.139. The summed E-state index contributed by atoms with van der Waals surface area (Å²) in [6.45, 7) is -3.24. The number of amides is 12. The average Bonchev–Trinajstić information content (AvgIpc) is 3.58. The highest BCUT2D eigenvalue weighted by molar-refractivity contribution is 6.13. The first-order chi connectivity index (χ1) is 23.7. The van der Waals surface area contributed by atoms with E-state index < -0.39 is 110 Å². The van der Waals surface area contributed by atoms with Crippen molar-refractivity contribution in [3.63, 3.8) is 0 Å². The van der Waals surface area contributed by atoms with Gasteiger partial charge in [-0.1, -0.05) is 0 Å². The molecular weight excluding hydrogens is 668 g/mol. The number of nitrogens with one attached hydrogen (secondary N) is 8. The third-order valence-electron chi connectivity index (χ3n) is 6.38. The zero-order valence-corrected chi connectivity index (χ0v) is 26.6. The van der Waals surface area contributed by atoms with Gasteiger partial charge < -0.3 is 42.5 Å². The van der Waals surface area contributed by atoms with Crippen molar-refractivity contribution in [2.75, 3.05) is 59.0 Å². The van der Waals surface area contributed by atoms with Crippen molar-refractivity contribution >= 4 is 70.9 Å². The number of nitrogens with zero attached hydrogens (tertiary/aromatic N) is 2. The highest BCUT2D eigenvalue weighted by atomic mass is 16.2. The van der Waals surface area contributed by atoms with E-state index in [-0.39, 0.29) is 39.0 Å². The summed E-state index contributed by atoms with van der Waals surface area (Å²) in [4.78, 5) is 142. The predicted octanol–water partition coefficient (Wildman–Crippen LogP) is -7.11. The molecule has 0 radical (unpaired) electrons. The second-order valence-corrected chi connectivity index (χ2v) is 10.2. The summed E-state index contributed by atoms with van der Waals surface area (Å²) in [6, 6.07) is 0. The third-order valence-corrected chi connectivity index (χ3v) is 6.38. The Morgan fingerprint density at radius 3 is 1.08 bits per heavy atom. The van der Waals surface area contributed by atoms with Crippen LogP contribution in [0.15, 0.2) is 24.3 Å². The molecule has 0 saturated carbocycles. The average molecular weight is 705 g/mol. The van der Waals surface area contributed by atoms with Gasteiger partial charge in [0.15, 0.2) is 0 Å². The molecule has 0 atom stereocenters. The Bertz CT molecular complexity index is 1440. The van der Waals surface area contributed by atoms with Crippen molar-refractivity contribution in [1.29, 1.82) is 0 Å². The highest BCUT2D eigenvalue weighted by Gasteiger charge is 2.24. The van der Waals surface area contributed by atoms with Crippen LogP contribution in [0, 0.1) is 0 Å². The Balaban J connectivity index is 1.44. The molecule has 0 fully saturated rings. The van der Waals surface area contributed by atoms with Gasteiger partial charge in [0.2, 0.25) is 47.3 Å². The lowest BCUT2D eigenvalue weighted by Crippen LogP contribution is -2.46.